The Kier molecular flexibility index (Phi) is 4.88. The Morgan fingerprint density at radius 1 is 1.43 bits per heavy atom. The number of carbonyl (C=O) groups is 1. The third-order valence-electron chi connectivity index (χ3n) is 3.78. The second kappa shape index (κ2) is 6.31. The van der Waals surface area contributed by atoms with E-state index in [-0.39, 0.29) is 43.6 Å². The molecule has 1 aromatic rings. The predicted molar refractivity (Wildman–Crippen MR) is 74.8 cm³/mol. The molecule has 1 aliphatic rings. The SMILES string of the molecule is CC(N)c1csc(NC(=O)C2CCC(C(F)(F)F)CC2)n1. The molecule has 4 nitrogen and oxygen atoms in total. The van der Waals surface area contributed by atoms with E-state index in [1.165, 1.54) is 11.3 Å². The van der Waals surface area contributed by atoms with Gasteiger partial charge in [-0.15, -0.1) is 11.3 Å². The summed E-state index contributed by atoms with van der Waals surface area (Å²) in [5, 5.41) is 4.89. The lowest BCUT2D eigenvalue weighted by molar-refractivity contribution is -0.184. The zero-order chi connectivity index (χ0) is 15.6. The number of anilines is 1. The van der Waals surface area contributed by atoms with Gasteiger partial charge in [-0.1, -0.05) is 0 Å². The van der Waals surface area contributed by atoms with Gasteiger partial charge in [0.15, 0.2) is 5.13 Å². The van der Waals surface area contributed by atoms with E-state index in [4.69, 9.17) is 5.73 Å². The first-order chi connectivity index (χ1) is 9.77. The van der Waals surface area contributed by atoms with Crippen LogP contribution in [0.15, 0.2) is 5.38 Å². The molecule has 0 saturated heterocycles. The number of nitrogens with two attached hydrogens (primary N) is 1. The highest BCUT2D eigenvalue weighted by Crippen LogP contribution is 2.39. The van der Waals surface area contributed by atoms with Gasteiger partial charge in [0.25, 0.3) is 0 Å². The van der Waals surface area contributed by atoms with Crippen LogP contribution in [0.4, 0.5) is 18.3 Å². The summed E-state index contributed by atoms with van der Waals surface area (Å²) in [6.45, 7) is 1.79. The number of rotatable bonds is 3. The summed E-state index contributed by atoms with van der Waals surface area (Å²) in [6, 6.07) is -0.214. The molecule has 0 bridgehead atoms. The molecule has 2 rings (SSSR count). The fraction of sp³-hybridized carbons (Fsp3) is 0.692. The van der Waals surface area contributed by atoms with E-state index >= 15 is 0 Å². The Hall–Kier alpha value is -1.15. The first kappa shape index (κ1) is 16.2. The van der Waals surface area contributed by atoms with Crippen molar-refractivity contribution in [1.82, 2.24) is 4.98 Å². The largest absolute Gasteiger partial charge is 0.391 e. The van der Waals surface area contributed by atoms with Crippen molar-refractivity contribution in [2.24, 2.45) is 17.6 Å². The Bertz CT molecular complexity index is 493. The normalized spacial score (nSPS) is 24.6. The van der Waals surface area contributed by atoms with Gasteiger partial charge in [-0.3, -0.25) is 4.79 Å². The Morgan fingerprint density at radius 2 is 2.05 bits per heavy atom. The lowest BCUT2D eigenvalue weighted by Gasteiger charge is -2.28. The van der Waals surface area contributed by atoms with Crippen LogP contribution in [-0.2, 0) is 4.79 Å². The summed E-state index contributed by atoms with van der Waals surface area (Å²) < 4.78 is 37.7. The van der Waals surface area contributed by atoms with E-state index in [9.17, 15) is 18.0 Å². The van der Waals surface area contributed by atoms with Crippen LogP contribution in [0.3, 0.4) is 0 Å². The van der Waals surface area contributed by atoms with Gasteiger partial charge in [0.1, 0.15) is 0 Å². The van der Waals surface area contributed by atoms with Crippen molar-refractivity contribution < 1.29 is 18.0 Å². The van der Waals surface area contributed by atoms with Crippen molar-refractivity contribution in [3.8, 4) is 0 Å². The molecule has 1 aromatic heterocycles. The molecule has 1 unspecified atom stereocenters. The minimum Gasteiger partial charge on any atom is -0.323 e. The third kappa shape index (κ3) is 4.16. The van der Waals surface area contributed by atoms with Crippen molar-refractivity contribution in [3.63, 3.8) is 0 Å². The van der Waals surface area contributed by atoms with Gasteiger partial charge in [-0.2, -0.15) is 13.2 Å². The number of hydrogen-bond donors (Lipinski definition) is 2. The lowest BCUT2D eigenvalue weighted by atomic mass is 9.81. The maximum absolute atomic E-state index is 12.6. The minimum atomic E-state index is -4.15. The highest BCUT2D eigenvalue weighted by Gasteiger charge is 2.42. The van der Waals surface area contributed by atoms with Crippen molar-refractivity contribution in [2.45, 2.75) is 44.8 Å². The molecule has 1 aliphatic carbocycles. The van der Waals surface area contributed by atoms with Crippen LogP contribution in [0.1, 0.15) is 44.3 Å². The molecular weight excluding hydrogens is 303 g/mol. The van der Waals surface area contributed by atoms with Crippen molar-refractivity contribution in [2.75, 3.05) is 5.32 Å². The monoisotopic (exact) mass is 321 g/mol. The molecule has 3 N–H and O–H groups in total. The number of halogens is 3. The molecule has 0 radical (unpaired) electrons. The van der Waals surface area contributed by atoms with Crippen LogP contribution in [0.25, 0.3) is 0 Å². The van der Waals surface area contributed by atoms with E-state index in [1.807, 2.05) is 0 Å². The van der Waals surface area contributed by atoms with Crippen molar-refractivity contribution >= 4 is 22.4 Å². The molecule has 0 aliphatic heterocycles. The second-order valence-electron chi connectivity index (χ2n) is 5.45. The van der Waals surface area contributed by atoms with Crippen LogP contribution in [-0.4, -0.2) is 17.1 Å². The summed E-state index contributed by atoms with van der Waals surface area (Å²) in [4.78, 5) is 16.2. The zero-order valence-corrected chi connectivity index (χ0v) is 12.4. The Balaban J connectivity index is 1.87. The average molecular weight is 321 g/mol. The summed E-state index contributed by atoms with van der Waals surface area (Å²) in [5.74, 6) is -1.89. The Labute approximate surface area is 124 Å². The number of nitrogens with one attached hydrogen (secondary N) is 1. The number of thiazole rings is 1. The van der Waals surface area contributed by atoms with E-state index in [0.717, 1.165) is 0 Å². The van der Waals surface area contributed by atoms with Crippen molar-refractivity contribution in [1.29, 1.82) is 0 Å². The molecule has 0 aromatic carbocycles. The zero-order valence-electron chi connectivity index (χ0n) is 11.6. The number of carbonyl (C=O) groups excluding carboxylic acids is 1. The number of alkyl halides is 3. The van der Waals surface area contributed by atoms with E-state index in [1.54, 1.807) is 12.3 Å². The topological polar surface area (TPSA) is 68.0 Å². The van der Waals surface area contributed by atoms with Gasteiger partial charge in [0, 0.05) is 17.3 Å². The molecule has 1 saturated carbocycles. The standard InChI is InChI=1S/C13H18F3N3OS/c1-7(17)10-6-21-12(18-10)19-11(20)8-2-4-9(5-3-8)13(14,15)16/h6-9H,2-5,17H2,1H3,(H,18,19,20). The summed E-state index contributed by atoms with van der Waals surface area (Å²) in [7, 11) is 0. The highest BCUT2D eigenvalue weighted by atomic mass is 32.1. The van der Waals surface area contributed by atoms with Crippen LogP contribution < -0.4 is 11.1 Å². The van der Waals surface area contributed by atoms with Gasteiger partial charge < -0.3 is 11.1 Å². The first-order valence-electron chi connectivity index (χ1n) is 6.86. The molecule has 1 atom stereocenters. The lowest BCUT2D eigenvalue weighted by Crippen LogP contribution is -2.32. The smallest absolute Gasteiger partial charge is 0.323 e. The molecule has 1 fully saturated rings. The van der Waals surface area contributed by atoms with Crippen LogP contribution in [0.2, 0.25) is 0 Å². The van der Waals surface area contributed by atoms with Gasteiger partial charge in [-0.25, -0.2) is 4.98 Å². The minimum absolute atomic E-state index is 0.0184. The number of aromatic nitrogens is 1. The Morgan fingerprint density at radius 3 is 2.52 bits per heavy atom. The molecule has 1 heterocycles. The van der Waals surface area contributed by atoms with Gasteiger partial charge in [-0.05, 0) is 32.6 Å². The summed E-state index contributed by atoms with van der Waals surface area (Å²) in [5.41, 5.74) is 6.37. The summed E-state index contributed by atoms with van der Waals surface area (Å²) >= 11 is 1.27. The highest BCUT2D eigenvalue weighted by molar-refractivity contribution is 7.13. The van der Waals surface area contributed by atoms with Crippen LogP contribution in [0.5, 0.6) is 0 Å². The number of nitrogens with zero attached hydrogens (tertiary/aromatic N) is 1. The molecule has 1 amide bonds. The fourth-order valence-corrected chi connectivity index (χ4v) is 3.26. The van der Waals surface area contributed by atoms with E-state index in [2.05, 4.69) is 10.3 Å². The second-order valence-corrected chi connectivity index (χ2v) is 6.30. The third-order valence-corrected chi connectivity index (χ3v) is 4.56. The molecular formula is C13H18F3N3OS. The average Bonchev–Trinajstić information content (AvgIpc) is 2.86. The predicted octanol–water partition coefficient (Wildman–Crippen LogP) is 3.47. The van der Waals surface area contributed by atoms with Gasteiger partial charge in [0.05, 0.1) is 11.6 Å². The van der Waals surface area contributed by atoms with E-state index < -0.39 is 12.1 Å². The fourth-order valence-electron chi connectivity index (χ4n) is 2.44. The molecule has 8 heteroatoms. The molecule has 21 heavy (non-hydrogen) atoms. The number of amides is 1. The van der Waals surface area contributed by atoms with Crippen LogP contribution in [0, 0.1) is 11.8 Å². The quantitative estimate of drug-likeness (QED) is 0.895. The van der Waals surface area contributed by atoms with Gasteiger partial charge in [0.2, 0.25) is 5.91 Å². The molecule has 0 spiro atoms. The van der Waals surface area contributed by atoms with Crippen molar-refractivity contribution in [3.05, 3.63) is 11.1 Å². The summed E-state index contributed by atoms with van der Waals surface area (Å²) in [6.07, 6.45) is -3.58. The van der Waals surface area contributed by atoms with E-state index in [0.29, 0.717) is 10.8 Å². The maximum Gasteiger partial charge on any atom is 0.391 e. The van der Waals surface area contributed by atoms with Gasteiger partial charge >= 0.3 is 6.18 Å². The molecule has 118 valence electrons. The maximum atomic E-state index is 12.6. The van der Waals surface area contributed by atoms with Crippen LogP contribution >= 0.6 is 11.3 Å². The first-order valence-corrected chi connectivity index (χ1v) is 7.74. The number of hydrogen-bond acceptors (Lipinski definition) is 4.